The van der Waals surface area contributed by atoms with Crippen molar-refractivity contribution in [2.24, 2.45) is 0 Å². The Morgan fingerprint density at radius 2 is 2.09 bits per heavy atom. The molecule has 2 aromatic rings. The quantitative estimate of drug-likeness (QED) is 0.692. The lowest BCUT2D eigenvalue weighted by Crippen LogP contribution is -2.06. The van der Waals surface area contributed by atoms with Gasteiger partial charge in [0, 0.05) is 30.7 Å². The average Bonchev–Trinajstić information content (AvgIpc) is 2.55. The van der Waals surface area contributed by atoms with E-state index in [9.17, 15) is 8.78 Å². The van der Waals surface area contributed by atoms with Crippen molar-refractivity contribution in [2.45, 2.75) is 32.9 Å². The van der Waals surface area contributed by atoms with Gasteiger partial charge in [0.1, 0.15) is 0 Å². The van der Waals surface area contributed by atoms with Gasteiger partial charge >= 0.3 is 6.61 Å². The molecule has 0 atom stereocenters. The predicted octanol–water partition coefficient (Wildman–Crippen LogP) is 4.47. The molecule has 0 saturated carbocycles. The molecule has 0 aliphatic carbocycles. The van der Waals surface area contributed by atoms with Gasteiger partial charge in [-0.05, 0) is 30.2 Å². The van der Waals surface area contributed by atoms with E-state index in [0.29, 0.717) is 18.9 Å². The number of hydrogen-bond acceptors (Lipinski definition) is 4. The topological polar surface area (TPSA) is 43.4 Å². The smallest absolute Gasteiger partial charge is 0.387 e. The number of hydrogen-bond donors (Lipinski definition) is 1. The molecule has 0 bridgehead atoms. The van der Waals surface area contributed by atoms with Crippen LogP contribution >= 0.6 is 0 Å². The Kier molecular flexibility index (Phi) is 6.59. The van der Waals surface area contributed by atoms with Gasteiger partial charge in [0.15, 0.2) is 11.5 Å². The van der Waals surface area contributed by atoms with Crippen LogP contribution in [-0.2, 0) is 6.54 Å². The Balaban J connectivity index is 2.06. The van der Waals surface area contributed by atoms with Crippen molar-refractivity contribution in [1.82, 2.24) is 4.98 Å². The maximum absolute atomic E-state index is 12.5. The maximum atomic E-state index is 12.5. The number of pyridine rings is 1. The number of nitrogens with zero attached hydrogens (tertiary/aromatic N) is 1. The fourth-order valence-electron chi connectivity index (χ4n) is 1.96. The predicted molar refractivity (Wildman–Crippen MR) is 85.0 cm³/mol. The summed E-state index contributed by atoms with van der Waals surface area (Å²) in [7, 11) is 0. The lowest BCUT2D eigenvalue weighted by Gasteiger charge is -2.14. The van der Waals surface area contributed by atoms with Crippen molar-refractivity contribution in [3.8, 4) is 11.5 Å². The minimum absolute atomic E-state index is 0.0445. The van der Waals surface area contributed by atoms with Gasteiger partial charge in [0.2, 0.25) is 0 Å². The summed E-state index contributed by atoms with van der Waals surface area (Å²) in [5, 5.41) is 3.21. The monoisotopic (exact) mass is 322 g/mol. The first-order chi connectivity index (χ1) is 11.2. The second-order valence-electron chi connectivity index (χ2n) is 4.96. The zero-order valence-electron chi connectivity index (χ0n) is 13.0. The first kappa shape index (κ1) is 17.0. The molecule has 0 radical (unpaired) electrons. The van der Waals surface area contributed by atoms with E-state index < -0.39 is 6.61 Å². The molecule has 0 spiro atoms. The third-order valence-electron chi connectivity index (χ3n) is 3.13. The lowest BCUT2D eigenvalue weighted by molar-refractivity contribution is -0.0514. The number of anilines is 1. The van der Waals surface area contributed by atoms with Gasteiger partial charge in [-0.15, -0.1) is 0 Å². The van der Waals surface area contributed by atoms with Gasteiger partial charge < -0.3 is 14.8 Å². The molecule has 1 N–H and O–H groups in total. The molecule has 1 heterocycles. The molecule has 0 fully saturated rings. The first-order valence-electron chi connectivity index (χ1n) is 7.53. The Hall–Kier alpha value is -2.37. The second-order valence-corrected chi connectivity index (χ2v) is 4.96. The molecular weight excluding hydrogens is 302 g/mol. The maximum Gasteiger partial charge on any atom is 0.387 e. The Labute approximate surface area is 134 Å². The standard InChI is InChI=1S/C17H20F2N2O2/c1-2-3-9-22-16-10-14(6-7-15(16)23-17(18)19)21-12-13-5-4-8-20-11-13/h4-8,10-11,17,21H,2-3,9,12H2,1H3. The van der Waals surface area contributed by atoms with E-state index >= 15 is 0 Å². The highest BCUT2D eigenvalue weighted by molar-refractivity contribution is 5.55. The molecule has 2 rings (SSSR count). The first-order valence-corrected chi connectivity index (χ1v) is 7.53. The van der Waals surface area contributed by atoms with E-state index in [4.69, 9.17) is 4.74 Å². The Morgan fingerprint density at radius 3 is 2.78 bits per heavy atom. The van der Waals surface area contributed by atoms with Crippen LogP contribution in [0.2, 0.25) is 0 Å². The van der Waals surface area contributed by atoms with Crippen LogP contribution in [0.4, 0.5) is 14.5 Å². The summed E-state index contributed by atoms with van der Waals surface area (Å²) < 4.78 is 35.0. The van der Waals surface area contributed by atoms with Gasteiger partial charge in [-0.1, -0.05) is 19.4 Å². The molecule has 0 saturated heterocycles. The van der Waals surface area contributed by atoms with Crippen molar-refractivity contribution in [3.63, 3.8) is 0 Å². The van der Waals surface area contributed by atoms with Crippen LogP contribution in [0, 0.1) is 0 Å². The van der Waals surface area contributed by atoms with Crippen molar-refractivity contribution in [2.75, 3.05) is 11.9 Å². The number of benzene rings is 1. The highest BCUT2D eigenvalue weighted by Crippen LogP contribution is 2.32. The van der Waals surface area contributed by atoms with Gasteiger partial charge in [0.25, 0.3) is 0 Å². The highest BCUT2D eigenvalue weighted by Gasteiger charge is 2.12. The van der Waals surface area contributed by atoms with Crippen LogP contribution in [0.15, 0.2) is 42.7 Å². The molecule has 124 valence electrons. The molecular formula is C17H20F2N2O2. The number of rotatable bonds is 9. The molecule has 1 aromatic heterocycles. The largest absolute Gasteiger partial charge is 0.490 e. The summed E-state index contributed by atoms with van der Waals surface area (Å²) in [5.41, 5.74) is 1.79. The van der Waals surface area contributed by atoms with Crippen LogP contribution in [-0.4, -0.2) is 18.2 Å². The average molecular weight is 322 g/mol. The van der Waals surface area contributed by atoms with Crippen LogP contribution in [0.3, 0.4) is 0 Å². The van der Waals surface area contributed by atoms with Gasteiger partial charge in [-0.3, -0.25) is 4.98 Å². The summed E-state index contributed by atoms with van der Waals surface area (Å²) >= 11 is 0. The van der Waals surface area contributed by atoms with E-state index in [1.165, 1.54) is 6.07 Å². The zero-order valence-corrected chi connectivity index (χ0v) is 13.0. The van der Waals surface area contributed by atoms with Crippen molar-refractivity contribution in [1.29, 1.82) is 0 Å². The van der Waals surface area contributed by atoms with Crippen LogP contribution in [0.1, 0.15) is 25.3 Å². The molecule has 0 aliphatic heterocycles. The number of alkyl halides is 2. The normalized spacial score (nSPS) is 10.6. The fourth-order valence-corrected chi connectivity index (χ4v) is 1.96. The molecule has 4 nitrogen and oxygen atoms in total. The van der Waals surface area contributed by atoms with E-state index in [1.54, 1.807) is 24.5 Å². The minimum Gasteiger partial charge on any atom is -0.490 e. The van der Waals surface area contributed by atoms with Gasteiger partial charge in [0.05, 0.1) is 6.61 Å². The van der Waals surface area contributed by atoms with Crippen molar-refractivity contribution < 1.29 is 18.3 Å². The minimum atomic E-state index is -2.88. The third kappa shape index (κ3) is 5.73. The lowest BCUT2D eigenvalue weighted by atomic mass is 10.2. The zero-order chi connectivity index (χ0) is 16.5. The fraction of sp³-hybridized carbons (Fsp3) is 0.353. The van der Waals surface area contributed by atoms with Crippen molar-refractivity contribution in [3.05, 3.63) is 48.3 Å². The third-order valence-corrected chi connectivity index (χ3v) is 3.13. The summed E-state index contributed by atoms with van der Waals surface area (Å²) in [5.74, 6) is 0.359. The molecule has 0 amide bonds. The summed E-state index contributed by atoms with van der Waals surface area (Å²) in [6.07, 6.45) is 5.28. The number of aromatic nitrogens is 1. The Morgan fingerprint density at radius 1 is 1.22 bits per heavy atom. The van der Waals surface area contributed by atoms with Crippen LogP contribution in [0.5, 0.6) is 11.5 Å². The number of halogens is 2. The molecule has 6 heteroatoms. The molecule has 23 heavy (non-hydrogen) atoms. The molecule has 0 unspecified atom stereocenters. The second kappa shape index (κ2) is 8.92. The van der Waals surface area contributed by atoms with E-state index in [2.05, 4.69) is 15.0 Å². The van der Waals surface area contributed by atoms with Crippen LogP contribution in [0.25, 0.3) is 0 Å². The molecule has 0 aliphatic rings. The van der Waals surface area contributed by atoms with Crippen LogP contribution < -0.4 is 14.8 Å². The van der Waals surface area contributed by atoms with Crippen molar-refractivity contribution >= 4 is 5.69 Å². The van der Waals surface area contributed by atoms with Gasteiger partial charge in [-0.2, -0.15) is 8.78 Å². The number of unbranched alkanes of at least 4 members (excludes halogenated alkanes) is 1. The SMILES string of the molecule is CCCCOc1cc(NCc2cccnc2)ccc1OC(F)F. The summed E-state index contributed by atoms with van der Waals surface area (Å²) in [6, 6.07) is 8.65. The van der Waals surface area contributed by atoms with E-state index in [0.717, 1.165) is 24.1 Å². The summed E-state index contributed by atoms with van der Waals surface area (Å²) in [4.78, 5) is 4.04. The molecule has 1 aromatic carbocycles. The highest BCUT2D eigenvalue weighted by atomic mass is 19.3. The van der Waals surface area contributed by atoms with Gasteiger partial charge in [-0.25, -0.2) is 0 Å². The van der Waals surface area contributed by atoms with E-state index in [1.807, 2.05) is 19.1 Å². The van der Waals surface area contributed by atoms with E-state index in [-0.39, 0.29) is 5.75 Å². The Bertz CT molecular complexity index is 594. The summed E-state index contributed by atoms with van der Waals surface area (Å²) in [6.45, 7) is 0.198. The number of nitrogens with one attached hydrogen (secondary N) is 1. The number of ether oxygens (including phenoxy) is 2.